The van der Waals surface area contributed by atoms with Gasteiger partial charge in [0.15, 0.2) is 5.76 Å². The van der Waals surface area contributed by atoms with Crippen LogP contribution in [0.25, 0.3) is 0 Å². The number of nitrogens with zero attached hydrogens (tertiary/aromatic N) is 2. The van der Waals surface area contributed by atoms with Crippen molar-refractivity contribution in [3.63, 3.8) is 0 Å². The highest BCUT2D eigenvalue weighted by molar-refractivity contribution is 7.89. The summed E-state index contributed by atoms with van der Waals surface area (Å²) < 4.78 is 51.8. The minimum Gasteiger partial charge on any atom is -0.377 e. The van der Waals surface area contributed by atoms with Gasteiger partial charge < -0.3 is 9.26 Å². The van der Waals surface area contributed by atoms with Crippen molar-refractivity contribution < 1.29 is 22.1 Å². The number of benzene rings is 1. The van der Waals surface area contributed by atoms with Crippen molar-refractivity contribution in [1.82, 2.24) is 9.46 Å². The first kappa shape index (κ1) is 18.0. The van der Waals surface area contributed by atoms with E-state index in [0.29, 0.717) is 17.9 Å². The van der Waals surface area contributed by atoms with E-state index in [1.807, 2.05) is 0 Å². The molecule has 2 aromatic rings. The monoisotopic (exact) mass is 368 g/mol. The summed E-state index contributed by atoms with van der Waals surface area (Å²) in [5, 5.41) is 3.75. The highest BCUT2D eigenvalue weighted by atomic mass is 32.2. The second-order valence-electron chi connectivity index (χ2n) is 6.22. The molecule has 0 amide bonds. The van der Waals surface area contributed by atoms with Crippen LogP contribution in [0.5, 0.6) is 0 Å². The van der Waals surface area contributed by atoms with Crippen LogP contribution in [-0.2, 0) is 21.3 Å². The molecule has 1 atom stereocenters. The first-order valence-corrected chi connectivity index (χ1v) is 9.61. The van der Waals surface area contributed by atoms with Crippen molar-refractivity contribution in [2.45, 2.75) is 44.2 Å². The lowest BCUT2D eigenvalue weighted by molar-refractivity contribution is 0.0925. The molecule has 0 N–H and O–H groups in total. The van der Waals surface area contributed by atoms with Crippen LogP contribution in [0.4, 0.5) is 4.39 Å². The van der Waals surface area contributed by atoms with E-state index >= 15 is 0 Å². The maximum atomic E-state index is 13.5. The molecule has 6 nitrogen and oxygen atoms in total. The van der Waals surface area contributed by atoms with Gasteiger partial charge in [0.05, 0.1) is 6.10 Å². The van der Waals surface area contributed by atoms with E-state index in [9.17, 15) is 12.8 Å². The van der Waals surface area contributed by atoms with E-state index in [1.54, 1.807) is 26.0 Å². The number of ether oxygens (including phenoxy) is 1. The fourth-order valence-corrected chi connectivity index (χ4v) is 4.82. The standard InChI is InChI=1S/C17H21FN2O4S/c1-12-17(13(2)24-19-12)25(21,22)20(11-16-7-4-8-23-16)10-14-5-3-6-15(18)9-14/h3,5-6,9,16H,4,7-8,10-11H2,1-2H3/t16-/m0/s1. The minimum atomic E-state index is -3.84. The first-order chi connectivity index (χ1) is 11.9. The minimum absolute atomic E-state index is 0.0595. The van der Waals surface area contributed by atoms with Gasteiger partial charge in [-0.1, -0.05) is 17.3 Å². The first-order valence-electron chi connectivity index (χ1n) is 8.17. The Morgan fingerprint density at radius 3 is 2.76 bits per heavy atom. The molecule has 0 aliphatic carbocycles. The Morgan fingerprint density at radius 2 is 2.16 bits per heavy atom. The van der Waals surface area contributed by atoms with Crippen molar-refractivity contribution in [3.8, 4) is 0 Å². The molecule has 1 aromatic carbocycles. The number of sulfonamides is 1. The molecule has 0 bridgehead atoms. The molecular weight excluding hydrogens is 347 g/mol. The molecule has 0 spiro atoms. The van der Waals surface area contributed by atoms with Gasteiger partial charge in [0.1, 0.15) is 16.4 Å². The smallest absolute Gasteiger partial charge is 0.248 e. The van der Waals surface area contributed by atoms with Crippen LogP contribution in [-0.4, -0.2) is 37.1 Å². The van der Waals surface area contributed by atoms with Crippen molar-refractivity contribution in [3.05, 3.63) is 47.1 Å². The zero-order valence-electron chi connectivity index (χ0n) is 14.2. The number of hydrogen-bond donors (Lipinski definition) is 0. The lowest BCUT2D eigenvalue weighted by Gasteiger charge is -2.24. The van der Waals surface area contributed by atoms with Gasteiger partial charge in [-0.05, 0) is 44.4 Å². The predicted octanol–water partition coefficient (Wildman–Crippen LogP) is 2.80. The number of rotatable bonds is 6. The molecule has 0 saturated carbocycles. The van der Waals surface area contributed by atoms with Gasteiger partial charge >= 0.3 is 0 Å². The van der Waals surface area contributed by atoms with Crippen LogP contribution in [0.2, 0.25) is 0 Å². The van der Waals surface area contributed by atoms with Gasteiger partial charge in [-0.3, -0.25) is 0 Å². The summed E-state index contributed by atoms with van der Waals surface area (Å²) >= 11 is 0. The van der Waals surface area contributed by atoms with Crippen LogP contribution < -0.4 is 0 Å². The Labute approximate surface area is 146 Å². The zero-order valence-corrected chi connectivity index (χ0v) is 15.1. The lowest BCUT2D eigenvalue weighted by Crippen LogP contribution is -2.37. The maximum Gasteiger partial charge on any atom is 0.248 e. The molecule has 136 valence electrons. The molecule has 1 aliphatic rings. The van der Waals surface area contributed by atoms with E-state index in [4.69, 9.17) is 9.26 Å². The van der Waals surface area contributed by atoms with Crippen LogP contribution in [0.15, 0.2) is 33.7 Å². The van der Waals surface area contributed by atoms with Gasteiger partial charge in [0.25, 0.3) is 0 Å². The quantitative estimate of drug-likeness (QED) is 0.784. The van der Waals surface area contributed by atoms with Crippen LogP contribution >= 0.6 is 0 Å². The summed E-state index contributed by atoms with van der Waals surface area (Å²) in [5.74, 6) is -0.154. The van der Waals surface area contributed by atoms with Crippen LogP contribution in [0.1, 0.15) is 29.9 Å². The Morgan fingerprint density at radius 1 is 1.36 bits per heavy atom. The predicted molar refractivity (Wildman–Crippen MR) is 88.9 cm³/mol. The van der Waals surface area contributed by atoms with Crippen LogP contribution in [0, 0.1) is 19.7 Å². The molecular formula is C17H21FN2O4S. The zero-order chi connectivity index (χ0) is 18.0. The lowest BCUT2D eigenvalue weighted by atomic mass is 10.2. The molecule has 25 heavy (non-hydrogen) atoms. The molecule has 1 aliphatic heterocycles. The molecule has 1 saturated heterocycles. The average Bonchev–Trinajstić information content (AvgIpc) is 3.17. The number of halogens is 1. The molecule has 1 aromatic heterocycles. The summed E-state index contributed by atoms with van der Waals surface area (Å²) in [7, 11) is -3.84. The average molecular weight is 368 g/mol. The molecule has 3 rings (SSSR count). The summed E-state index contributed by atoms with van der Waals surface area (Å²) in [5.41, 5.74) is 0.891. The number of aromatic nitrogens is 1. The van der Waals surface area contributed by atoms with Crippen molar-refractivity contribution in [1.29, 1.82) is 0 Å². The summed E-state index contributed by atoms with van der Waals surface area (Å²) in [6.45, 7) is 4.06. The second kappa shape index (κ2) is 7.23. The Hall–Kier alpha value is -1.77. The fourth-order valence-electron chi connectivity index (χ4n) is 3.07. The molecule has 0 radical (unpaired) electrons. The van der Waals surface area contributed by atoms with E-state index in [-0.39, 0.29) is 29.8 Å². The maximum absolute atomic E-state index is 13.5. The summed E-state index contributed by atoms with van der Waals surface area (Å²) in [4.78, 5) is 0.0712. The van der Waals surface area contributed by atoms with E-state index in [0.717, 1.165) is 12.8 Å². The van der Waals surface area contributed by atoms with Crippen molar-refractivity contribution in [2.75, 3.05) is 13.2 Å². The highest BCUT2D eigenvalue weighted by Gasteiger charge is 2.33. The second-order valence-corrected chi connectivity index (χ2v) is 8.09. The van der Waals surface area contributed by atoms with Crippen molar-refractivity contribution in [2.24, 2.45) is 0 Å². The number of hydrogen-bond acceptors (Lipinski definition) is 5. The topological polar surface area (TPSA) is 72.6 Å². The van der Waals surface area contributed by atoms with E-state index in [2.05, 4.69) is 5.16 Å². The molecule has 1 fully saturated rings. The van der Waals surface area contributed by atoms with E-state index < -0.39 is 15.8 Å². The number of aryl methyl sites for hydroxylation is 2. The van der Waals surface area contributed by atoms with Crippen LogP contribution in [0.3, 0.4) is 0 Å². The molecule has 2 heterocycles. The summed E-state index contributed by atoms with van der Waals surface area (Å²) in [6.07, 6.45) is 1.55. The largest absolute Gasteiger partial charge is 0.377 e. The van der Waals surface area contributed by atoms with Gasteiger partial charge in [-0.25, -0.2) is 12.8 Å². The Bertz CT molecular complexity index is 825. The van der Waals surface area contributed by atoms with Crippen molar-refractivity contribution >= 4 is 10.0 Å². The third-order valence-corrected chi connectivity index (χ3v) is 6.30. The Balaban J connectivity index is 1.94. The third kappa shape index (κ3) is 3.91. The third-order valence-electron chi connectivity index (χ3n) is 4.24. The van der Waals surface area contributed by atoms with Gasteiger partial charge in [0.2, 0.25) is 10.0 Å². The summed E-state index contributed by atoms with van der Waals surface area (Å²) in [6, 6.07) is 5.94. The Kier molecular flexibility index (Phi) is 5.21. The van der Waals surface area contributed by atoms with Gasteiger partial charge in [0, 0.05) is 19.7 Å². The normalized spacial score (nSPS) is 18.2. The highest BCUT2D eigenvalue weighted by Crippen LogP contribution is 2.26. The SMILES string of the molecule is Cc1noc(C)c1S(=O)(=O)N(Cc1cccc(F)c1)C[C@@H]1CCCO1. The molecule has 0 unspecified atom stereocenters. The van der Waals surface area contributed by atoms with Gasteiger partial charge in [-0.15, -0.1) is 0 Å². The molecule has 8 heteroatoms. The van der Waals surface area contributed by atoms with Gasteiger partial charge in [-0.2, -0.15) is 4.31 Å². The van der Waals surface area contributed by atoms with E-state index in [1.165, 1.54) is 16.4 Å². The fraction of sp³-hybridized carbons (Fsp3) is 0.471.